The second-order valence-electron chi connectivity index (χ2n) is 8.09. The average molecular weight is 390 g/mol. The van der Waals surface area contributed by atoms with E-state index >= 15 is 0 Å². The molecule has 2 aliphatic rings. The molecule has 0 aliphatic carbocycles. The van der Waals surface area contributed by atoms with E-state index in [1.54, 1.807) is 0 Å². The van der Waals surface area contributed by atoms with Gasteiger partial charge < -0.3 is 15.0 Å². The maximum Gasteiger partial charge on any atom is 0.137 e. The van der Waals surface area contributed by atoms with Gasteiger partial charge in [0.1, 0.15) is 18.1 Å². The molecule has 2 unspecified atom stereocenters. The summed E-state index contributed by atoms with van der Waals surface area (Å²) in [5.41, 5.74) is 1.04. The predicted molar refractivity (Wildman–Crippen MR) is 106 cm³/mol. The maximum absolute atomic E-state index is 6.50. The Balaban J connectivity index is 1.97. The molecule has 0 spiro atoms. The highest BCUT2D eigenvalue weighted by molar-refractivity contribution is 6.76. The monoisotopic (exact) mass is 389 g/mol. The van der Waals surface area contributed by atoms with Crippen molar-refractivity contribution in [2.75, 3.05) is 19.9 Å². The van der Waals surface area contributed by atoms with E-state index in [9.17, 15) is 0 Å². The van der Waals surface area contributed by atoms with Crippen LogP contribution in [0.5, 0.6) is 0 Å². The van der Waals surface area contributed by atoms with Gasteiger partial charge in [0.25, 0.3) is 0 Å². The van der Waals surface area contributed by atoms with Crippen LogP contribution in [0, 0.1) is 11.8 Å². The normalized spacial score (nSPS) is 23.8. The molecule has 2 aliphatic heterocycles. The van der Waals surface area contributed by atoms with E-state index in [4.69, 9.17) is 27.9 Å². The molecular weight excluding hydrogens is 361 g/mol. The molecular formula is C17H29Cl2N3OSi. The molecule has 0 aromatic heterocycles. The zero-order valence-corrected chi connectivity index (χ0v) is 17.8. The van der Waals surface area contributed by atoms with Crippen molar-refractivity contribution < 1.29 is 4.74 Å². The molecule has 2 rings (SSSR count). The summed E-state index contributed by atoms with van der Waals surface area (Å²) in [5.74, 6) is 0.570. The molecule has 0 amide bonds. The van der Waals surface area contributed by atoms with Gasteiger partial charge in [-0.3, -0.25) is 0 Å². The Morgan fingerprint density at radius 3 is 2.67 bits per heavy atom. The number of hydrogen-bond donors (Lipinski definition) is 1. The van der Waals surface area contributed by atoms with Gasteiger partial charge in [-0.25, -0.2) is 4.99 Å². The molecule has 2 atom stereocenters. The molecule has 136 valence electrons. The lowest BCUT2D eigenvalue weighted by Crippen LogP contribution is -2.39. The van der Waals surface area contributed by atoms with Crippen molar-refractivity contribution in [3.8, 4) is 0 Å². The van der Waals surface area contributed by atoms with Crippen molar-refractivity contribution in [2.24, 2.45) is 16.8 Å². The molecule has 0 saturated heterocycles. The Hall–Kier alpha value is -0.493. The van der Waals surface area contributed by atoms with Crippen molar-refractivity contribution in [1.82, 2.24) is 10.2 Å². The van der Waals surface area contributed by atoms with E-state index in [2.05, 4.69) is 43.8 Å². The van der Waals surface area contributed by atoms with E-state index in [0.717, 1.165) is 29.9 Å². The topological polar surface area (TPSA) is 36.9 Å². The summed E-state index contributed by atoms with van der Waals surface area (Å²) in [6.45, 7) is 13.6. The summed E-state index contributed by atoms with van der Waals surface area (Å²) in [7, 11) is -1.08. The maximum atomic E-state index is 6.50. The first-order valence-corrected chi connectivity index (χ1v) is 13.0. The molecule has 0 radical (unpaired) electrons. The third-order valence-corrected chi connectivity index (χ3v) is 6.28. The van der Waals surface area contributed by atoms with Crippen LogP contribution >= 0.6 is 23.2 Å². The van der Waals surface area contributed by atoms with Gasteiger partial charge in [0, 0.05) is 38.2 Å². The Kier molecular flexibility index (Phi) is 6.82. The van der Waals surface area contributed by atoms with Gasteiger partial charge in [-0.1, -0.05) is 56.7 Å². The number of allylic oxidation sites excluding steroid dienone is 1. The molecule has 7 heteroatoms. The molecule has 2 heterocycles. The van der Waals surface area contributed by atoms with Crippen molar-refractivity contribution in [3.05, 3.63) is 23.0 Å². The summed E-state index contributed by atoms with van der Waals surface area (Å²) in [6, 6.07) is 1.15. The molecule has 1 N–H and O–H groups in total. The molecule has 0 aromatic carbocycles. The van der Waals surface area contributed by atoms with Crippen LogP contribution in [-0.2, 0) is 4.74 Å². The highest BCUT2D eigenvalue weighted by Crippen LogP contribution is 2.38. The smallest absolute Gasteiger partial charge is 0.137 e. The fourth-order valence-corrected chi connectivity index (χ4v) is 3.96. The first-order chi connectivity index (χ1) is 11.2. The fraction of sp³-hybridized carbons (Fsp3) is 0.706. The Morgan fingerprint density at radius 2 is 2.04 bits per heavy atom. The second kappa shape index (κ2) is 8.26. The minimum atomic E-state index is -1.08. The first-order valence-electron chi connectivity index (χ1n) is 8.57. The molecule has 4 nitrogen and oxygen atoms in total. The van der Waals surface area contributed by atoms with E-state index in [1.807, 2.05) is 17.2 Å². The van der Waals surface area contributed by atoms with Gasteiger partial charge in [0.15, 0.2) is 0 Å². The van der Waals surface area contributed by atoms with Crippen molar-refractivity contribution >= 4 is 36.4 Å². The van der Waals surface area contributed by atoms with Crippen LogP contribution in [0.15, 0.2) is 28.0 Å². The van der Waals surface area contributed by atoms with Gasteiger partial charge in [0.05, 0.1) is 5.92 Å². The van der Waals surface area contributed by atoms with Gasteiger partial charge in [-0.2, -0.15) is 0 Å². The number of hydrogen-bond acceptors (Lipinski definition) is 4. The van der Waals surface area contributed by atoms with Crippen LogP contribution in [0.25, 0.3) is 0 Å². The molecule has 0 aromatic rings. The van der Waals surface area contributed by atoms with E-state index in [0.29, 0.717) is 17.8 Å². The zero-order valence-electron chi connectivity index (χ0n) is 15.3. The second-order valence-corrected chi connectivity index (χ2v) is 14.5. The number of dihydropyridines is 1. The number of halogens is 2. The largest absolute Gasteiger partial charge is 0.387 e. The van der Waals surface area contributed by atoms with E-state index in [-0.39, 0.29) is 12.1 Å². The standard InChI is InChI=1S/C17H29Cl2N3OSi/c1-12(2)9-20-14-8-15(19)21-17-16(14)13(18)10-22(17)11-23-6-7-24(3,4)5/h8,10,12,16-17,20H,6-7,9,11H2,1-5H3. The Bertz CT molecular complexity index is 540. The molecule has 0 saturated carbocycles. The number of aliphatic imine (C=N–C) groups is 1. The number of nitrogens with one attached hydrogen (secondary N) is 1. The Morgan fingerprint density at radius 1 is 1.33 bits per heavy atom. The van der Waals surface area contributed by atoms with Crippen molar-refractivity contribution in [2.45, 2.75) is 45.7 Å². The van der Waals surface area contributed by atoms with Crippen molar-refractivity contribution in [1.29, 1.82) is 0 Å². The van der Waals surface area contributed by atoms with Crippen LogP contribution in [0.2, 0.25) is 25.7 Å². The summed E-state index contributed by atoms with van der Waals surface area (Å²) >= 11 is 12.7. The molecule has 0 bridgehead atoms. The number of ether oxygens (including phenoxy) is 1. The minimum absolute atomic E-state index is 0.0218. The summed E-state index contributed by atoms with van der Waals surface area (Å²) in [5, 5.41) is 4.76. The average Bonchev–Trinajstić information content (AvgIpc) is 2.76. The highest BCUT2D eigenvalue weighted by Gasteiger charge is 2.39. The van der Waals surface area contributed by atoms with Crippen LogP contribution in [0.4, 0.5) is 0 Å². The molecule has 0 fully saturated rings. The van der Waals surface area contributed by atoms with Gasteiger partial charge in [-0.05, 0) is 18.0 Å². The van der Waals surface area contributed by atoms with E-state index < -0.39 is 8.07 Å². The van der Waals surface area contributed by atoms with Gasteiger partial charge in [-0.15, -0.1) is 0 Å². The van der Waals surface area contributed by atoms with Crippen LogP contribution < -0.4 is 5.32 Å². The third-order valence-electron chi connectivity index (χ3n) is 4.04. The number of nitrogens with zero attached hydrogens (tertiary/aromatic N) is 2. The van der Waals surface area contributed by atoms with E-state index in [1.165, 1.54) is 0 Å². The lowest BCUT2D eigenvalue weighted by atomic mass is 10.0. The summed E-state index contributed by atoms with van der Waals surface area (Å²) < 4.78 is 5.86. The summed E-state index contributed by atoms with van der Waals surface area (Å²) in [6.07, 6.45) is 3.71. The molecule has 24 heavy (non-hydrogen) atoms. The fourth-order valence-electron chi connectivity index (χ4n) is 2.63. The van der Waals surface area contributed by atoms with Crippen LogP contribution in [0.1, 0.15) is 13.8 Å². The number of rotatable bonds is 8. The summed E-state index contributed by atoms with van der Waals surface area (Å²) in [4.78, 5) is 6.61. The predicted octanol–water partition coefficient (Wildman–Crippen LogP) is 4.42. The minimum Gasteiger partial charge on any atom is -0.387 e. The van der Waals surface area contributed by atoms with Crippen LogP contribution in [-0.4, -0.2) is 44.2 Å². The van der Waals surface area contributed by atoms with Crippen molar-refractivity contribution in [3.63, 3.8) is 0 Å². The van der Waals surface area contributed by atoms with Crippen LogP contribution in [0.3, 0.4) is 0 Å². The SMILES string of the molecule is CC(C)CNC1=CC(Cl)=NC2C1C(Cl)=CN2COCC[Si](C)(C)C. The lowest BCUT2D eigenvalue weighted by Gasteiger charge is -2.31. The lowest BCUT2D eigenvalue weighted by molar-refractivity contribution is 0.0425. The van der Waals surface area contributed by atoms with Gasteiger partial charge >= 0.3 is 0 Å². The quantitative estimate of drug-likeness (QED) is 0.493. The Labute approximate surface area is 156 Å². The van der Waals surface area contributed by atoms with Gasteiger partial charge in [0.2, 0.25) is 0 Å². The third kappa shape index (κ3) is 5.51. The first kappa shape index (κ1) is 19.8. The highest BCUT2D eigenvalue weighted by atomic mass is 35.5. The zero-order chi connectivity index (χ0) is 17.9. The number of fused-ring (bicyclic) bond motifs is 1.